The van der Waals surface area contributed by atoms with Gasteiger partial charge in [-0.1, -0.05) is 48.5 Å². The molecular weight excluding hydrogens is 592 g/mol. The molecule has 0 amide bonds. The van der Waals surface area contributed by atoms with Gasteiger partial charge in [-0.05, 0) is 82.6 Å². The van der Waals surface area contributed by atoms with Crippen molar-refractivity contribution in [3.8, 4) is 23.0 Å². The summed E-state index contributed by atoms with van der Waals surface area (Å²) in [6.07, 6.45) is 2.86. The van der Waals surface area contributed by atoms with Gasteiger partial charge in [0, 0.05) is 25.7 Å². The predicted octanol–water partition coefficient (Wildman–Crippen LogP) is 6.98. The second-order valence-electron chi connectivity index (χ2n) is 11.9. The largest absolute Gasteiger partial charge is 0.493 e. The standard InChI is InChI=1S/C40H46O7/c1-3-44-39-33-7-5-8-34(39)22-30-20-32-24-36-10-6-9-35(40(36)45-4-2)23-31-19-29(21-33)25-37(27-31)46-17-15-42-13-11-41-12-14-43-16-18-47-38(26-30)28-32/h5-10,19-20,25-28H,3-4,11-18,21-24H2,1-2H3. The van der Waals surface area contributed by atoms with Crippen molar-refractivity contribution in [2.75, 3.05) is 66.1 Å². The molecule has 0 aromatic heterocycles. The average Bonchev–Trinajstić information content (AvgIpc) is 3.05. The predicted molar refractivity (Wildman–Crippen MR) is 183 cm³/mol. The SMILES string of the molecule is CCOc1c2cccc1Cc1cc3cc(c1)OCCOCCOCCOCCOc1cc(cc(c1)Cc1cccc(c1OCC)C3)C2. The minimum atomic E-state index is 0.449. The lowest BCUT2D eigenvalue weighted by Crippen LogP contribution is -2.14. The average molecular weight is 639 g/mol. The molecule has 7 heteroatoms. The molecule has 0 saturated carbocycles. The molecule has 248 valence electrons. The molecule has 4 aromatic rings. The van der Waals surface area contributed by atoms with Crippen LogP contribution in [0.4, 0.5) is 0 Å². The van der Waals surface area contributed by atoms with Gasteiger partial charge in [0.25, 0.3) is 0 Å². The molecule has 4 aromatic carbocycles. The monoisotopic (exact) mass is 638 g/mol. The van der Waals surface area contributed by atoms with Crippen LogP contribution in [0.2, 0.25) is 0 Å². The van der Waals surface area contributed by atoms with E-state index >= 15 is 0 Å². The number of para-hydroxylation sites is 2. The van der Waals surface area contributed by atoms with E-state index in [-0.39, 0.29) is 0 Å². The molecule has 1 aliphatic heterocycles. The lowest BCUT2D eigenvalue weighted by Gasteiger charge is -2.20. The van der Waals surface area contributed by atoms with Crippen molar-refractivity contribution in [2.45, 2.75) is 39.5 Å². The molecule has 10 bridgehead atoms. The first kappa shape index (κ1) is 32.9. The van der Waals surface area contributed by atoms with Crippen LogP contribution in [-0.4, -0.2) is 66.1 Å². The smallest absolute Gasteiger partial charge is 0.126 e. The molecule has 0 atom stereocenters. The maximum Gasteiger partial charge on any atom is 0.126 e. The van der Waals surface area contributed by atoms with Crippen molar-refractivity contribution < 1.29 is 33.2 Å². The van der Waals surface area contributed by atoms with E-state index in [4.69, 9.17) is 33.2 Å². The summed E-state index contributed by atoms with van der Waals surface area (Å²) in [6.45, 7) is 9.16. The summed E-state index contributed by atoms with van der Waals surface area (Å²) < 4.78 is 42.5. The highest BCUT2D eigenvalue weighted by atomic mass is 16.6. The fourth-order valence-electron chi connectivity index (χ4n) is 6.38. The fraction of sp³-hybridized carbons (Fsp3) is 0.400. The Balaban J connectivity index is 1.48. The van der Waals surface area contributed by atoms with Crippen molar-refractivity contribution >= 4 is 0 Å². The first-order valence-electron chi connectivity index (χ1n) is 16.9. The number of fused-ring (bicyclic) bond motifs is 6. The Kier molecular flexibility index (Phi) is 11.7. The van der Waals surface area contributed by atoms with Gasteiger partial charge >= 0.3 is 0 Å². The second-order valence-corrected chi connectivity index (χ2v) is 11.9. The molecule has 0 unspecified atom stereocenters. The minimum absolute atomic E-state index is 0.449. The van der Waals surface area contributed by atoms with Gasteiger partial charge in [-0.3, -0.25) is 0 Å². The van der Waals surface area contributed by atoms with Gasteiger partial charge < -0.3 is 33.2 Å². The van der Waals surface area contributed by atoms with Gasteiger partial charge in [-0.2, -0.15) is 0 Å². The maximum absolute atomic E-state index is 6.37. The van der Waals surface area contributed by atoms with E-state index < -0.39 is 0 Å². The van der Waals surface area contributed by atoms with E-state index in [1.807, 2.05) is 13.8 Å². The van der Waals surface area contributed by atoms with Gasteiger partial charge in [0.1, 0.15) is 36.2 Å². The summed E-state index contributed by atoms with van der Waals surface area (Å²) in [4.78, 5) is 0. The summed E-state index contributed by atoms with van der Waals surface area (Å²) in [7, 11) is 0. The van der Waals surface area contributed by atoms with E-state index in [0.717, 1.165) is 45.3 Å². The molecule has 2 aliphatic rings. The molecule has 0 saturated heterocycles. The highest BCUT2D eigenvalue weighted by Crippen LogP contribution is 2.34. The van der Waals surface area contributed by atoms with Gasteiger partial charge in [0.15, 0.2) is 0 Å². The molecular formula is C40H46O7. The molecule has 0 radical (unpaired) electrons. The normalized spacial score (nSPS) is 16.0. The fourth-order valence-corrected chi connectivity index (χ4v) is 6.38. The minimum Gasteiger partial charge on any atom is -0.493 e. The summed E-state index contributed by atoms with van der Waals surface area (Å²) in [5.74, 6) is 3.56. The first-order chi connectivity index (χ1) is 23.2. The summed E-state index contributed by atoms with van der Waals surface area (Å²) in [5, 5.41) is 0. The number of hydrogen-bond acceptors (Lipinski definition) is 7. The van der Waals surface area contributed by atoms with Crippen LogP contribution in [0, 0.1) is 0 Å². The maximum atomic E-state index is 6.37. The van der Waals surface area contributed by atoms with E-state index in [1.165, 1.54) is 22.3 Å². The van der Waals surface area contributed by atoms with Crippen LogP contribution < -0.4 is 18.9 Å². The Labute approximate surface area is 278 Å². The highest BCUT2D eigenvalue weighted by molar-refractivity contribution is 5.52. The summed E-state index contributed by atoms with van der Waals surface area (Å²) >= 11 is 0. The topological polar surface area (TPSA) is 64.6 Å². The number of ether oxygens (including phenoxy) is 7. The zero-order valence-corrected chi connectivity index (χ0v) is 27.7. The van der Waals surface area contributed by atoms with E-state index in [0.29, 0.717) is 91.8 Å². The van der Waals surface area contributed by atoms with Crippen molar-refractivity contribution in [3.05, 3.63) is 117 Å². The van der Waals surface area contributed by atoms with Gasteiger partial charge in [0.2, 0.25) is 0 Å². The van der Waals surface area contributed by atoms with Gasteiger partial charge in [-0.15, -0.1) is 0 Å². The highest BCUT2D eigenvalue weighted by Gasteiger charge is 2.17. The lowest BCUT2D eigenvalue weighted by atomic mass is 9.92. The van der Waals surface area contributed by atoms with Crippen LogP contribution in [0.25, 0.3) is 0 Å². The second kappa shape index (κ2) is 16.7. The molecule has 6 rings (SSSR count). The van der Waals surface area contributed by atoms with Crippen molar-refractivity contribution in [1.82, 2.24) is 0 Å². The third-order valence-corrected chi connectivity index (χ3v) is 8.30. The Morgan fingerprint density at radius 2 is 0.766 bits per heavy atom. The van der Waals surface area contributed by atoms with Crippen LogP contribution in [0.1, 0.15) is 58.4 Å². The molecule has 1 aliphatic carbocycles. The van der Waals surface area contributed by atoms with Crippen LogP contribution in [0.3, 0.4) is 0 Å². The lowest BCUT2D eigenvalue weighted by molar-refractivity contribution is 0.00498. The summed E-state index contributed by atoms with van der Waals surface area (Å²) in [5.41, 5.74) is 9.28. The van der Waals surface area contributed by atoms with Crippen LogP contribution in [0.5, 0.6) is 23.0 Å². The van der Waals surface area contributed by atoms with Crippen molar-refractivity contribution in [1.29, 1.82) is 0 Å². The molecule has 47 heavy (non-hydrogen) atoms. The number of hydrogen-bond donors (Lipinski definition) is 0. The van der Waals surface area contributed by atoms with E-state index in [9.17, 15) is 0 Å². The van der Waals surface area contributed by atoms with Crippen molar-refractivity contribution in [3.63, 3.8) is 0 Å². The third kappa shape index (κ3) is 9.07. The van der Waals surface area contributed by atoms with Gasteiger partial charge in [-0.25, -0.2) is 0 Å². The van der Waals surface area contributed by atoms with Gasteiger partial charge in [0.05, 0.1) is 52.9 Å². The first-order valence-corrected chi connectivity index (χ1v) is 16.9. The molecule has 1 heterocycles. The van der Waals surface area contributed by atoms with E-state index in [1.54, 1.807) is 0 Å². The third-order valence-electron chi connectivity index (χ3n) is 8.30. The zero-order valence-electron chi connectivity index (χ0n) is 27.7. The number of benzene rings is 4. The summed E-state index contributed by atoms with van der Waals surface area (Å²) in [6, 6.07) is 26.1. The Morgan fingerprint density at radius 3 is 1.09 bits per heavy atom. The number of rotatable bonds is 4. The Morgan fingerprint density at radius 1 is 0.447 bits per heavy atom. The molecule has 0 N–H and O–H groups in total. The molecule has 0 spiro atoms. The van der Waals surface area contributed by atoms with E-state index in [2.05, 4.69) is 72.8 Å². The Bertz CT molecular complexity index is 1410. The van der Waals surface area contributed by atoms with Crippen LogP contribution >= 0.6 is 0 Å². The molecule has 7 nitrogen and oxygen atoms in total. The zero-order chi connectivity index (χ0) is 32.3. The van der Waals surface area contributed by atoms with Crippen molar-refractivity contribution in [2.24, 2.45) is 0 Å². The van der Waals surface area contributed by atoms with Crippen LogP contribution in [-0.2, 0) is 39.9 Å². The van der Waals surface area contributed by atoms with Crippen LogP contribution in [0.15, 0.2) is 72.8 Å². The quantitative estimate of drug-likeness (QED) is 0.211. The Hall–Kier alpha value is -4.04. The molecule has 0 fully saturated rings.